The van der Waals surface area contributed by atoms with E-state index >= 15 is 0 Å². The van der Waals surface area contributed by atoms with Gasteiger partial charge in [0.15, 0.2) is 5.78 Å². The zero-order chi connectivity index (χ0) is 19.3. The minimum absolute atomic E-state index is 0.0914. The van der Waals surface area contributed by atoms with Gasteiger partial charge in [0.1, 0.15) is 5.92 Å². The third-order valence-electron chi connectivity index (χ3n) is 4.96. The van der Waals surface area contributed by atoms with Crippen molar-refractivity contribution in [2.45, 2.75) is 17.7 Å². The van der Waals surface area contributed by atoms with E-state index in [1.54, 1.807) is 17.8 Å². The summed E-state index contributed by atoms with van der Waals surface area (Å²) in [5.41, 5.74) is 3.91. The van der Waals surface area contributed by atoms with Crippen molar-refractivity contribution >= 4 is 29.1 Å². The highest BCUT2D eigenvalue weighted by Gasteiger charge is 2.33. The van der Waals surface area contributed by atoms with Crippen LogP contribution in [0.25, 0.3) is 0 Å². The number of anilines is 1. The van der Waals surface area contributed by atoms with Crippen LogP contribution in [0.2, 0.25) is 0 Å². The molecule has 3 nitrogen and oxygen atoms in total. The van der Waals surface area contributed by atoms with Gasteiger partial charge in [-0.25, -0.2) is 0 Å². The maximum atomic E-state index is 12.6. The molecular formula is C24H21NO2S. The fourth-order valence-electron chi connectivity index (χ4n) is 3.34. The van der Waals surface area contributed by atoms with E-state index in [4.69, 9.17) is 0 Å². The summed E-state index contributed by atoms with van der Waals surface area (Å²) in [6.07, 6.45) is 1.94. The first kappa shape index (κ1) is 18.5. The topological polar surface area (TPSA) is 46.2 Å². The van der Waals surface area contributed by atoms with Gasteiger partial charge in [-0.2, -0.15) is 0 Å². The Balaban J connectivity index is 1.37. The molecule has 28 heavy (non-hydrogen) atoms. The summed E-state index contributed by atoms with van der Waals surface area (Å²) in [5, 5.41) is 2.90. The van der Waals surface area contributed by atoms with Gasteiger partial charge in [0, 0.05) is 21.9 Å². The van der Waals surface area contributed by atoms with Gasteiger partial charge >= 0.3 is 0 Å². The standard InChI is InChI=1S/C24H21NO2S/c26-23-20-8-4-5-9-22(20)28-16-21(23)24(27)25-19-14-12-18(13-15-19)11-10-17-6-2-1-3-7-17/h1-9,12-15,21H,10-11,16H2,(H,25,27). The number of nitrogens with one attached hydrogen (secondary N) is 1. The lowest BCUT2D eigenvalue weighted by atomic mass is 9.97. The Morgan fingerprint density at radius 3 is 2.25 bits per heavy atom. The van der Waals surface area contributed by atoms with E-state index < -0.39 is 5.92 Å². The number of amides is 1. The quantitative estimate of drug-likeness (QED) is 0.626. The molecule has 3 aromatic rings. The summed E-state index contributed by atoms with van der Waals surface area (Å²) in [6.45, 7) is 0. The van der Waals surface area contributed by atoms with Crippen LogP contribution in [-0.2, 0) is 17.6 Å². The molecule has 1 heterocycles. The normalized spacial score (nSPS) is 15.7. The third kappa shape index (κ3) is 4.18. The summed E-state index contributed by atoms with van der Waals surface area (Å²) >= 11 is 1.56. The molecule has 140 valence electrons. The average molecular weight is 388 g/mol. The van der Waals surface area contributed by atoms with Crippen molar-refractivity contribution in [3.63, 3.8) is 0 Å². The molecule has 0 spiro atoms. The third-order valence-corrected chi connectivity index (χ3v) is 6.12. The lowest BCUT2D eigenvalue weighted by Crippen LogP contribution is -2.34. The summed E-state index contributed by atoms with van der Waals surface area (Å²) in [5.74, 6) is -0.482. The minimum Gasteiger partial charge on any atom is -0.325 e. The van der Waals surface area contributed by atoms with Gasteiger partial charge in [0.2, 0.25) is 5.91 Å². The maximum absolute atomic E-state index is 12.6. The lowest BCUT2D eigenvalue weighted by Gasteiger charge is -2.22. The van der Waals surface area contributed by atoms with Crippen LogP contribution in [0.15, 0.2) is 83.8 Å². The van der Waals surface area contributed by atoms with Crippen LogP contribution in [0.1, 0.15) is 21.5 Å². The maximum Gasteiger partial charge on any atom is 0.236 e. The van der Waals surface area contributed by atoms with Crippen LogP contribution in [-0.4, -0.2) is 17.4 Å². The second-order valence-electron chi connectivity index (χ2n) is 6.90. The zero-order valence-electron chi connectivity index (χ0n) is 15.4. The molecule has 1 aliphatic heterocycles. The molecule has 1 N–H and O–H groups in total. The van der Waals surface area contributed by atoms with E-state index in [1.807, 2.05) is 48.5 Å². The summed E-state index contributed by atoms with van der Waals surface area (Å²) in [4.78, 5) is 26.2. The van der Waals surface area contributed by atoms with Crippen molar-refractivity contribution in [3.05, 3.63) is 95.6 Å². The Bertz CT molecular complexity index is 983. The van der Waals surface area contributed by atoms with E-state index in [-0.39, 0.29) is 11.7 Å². The van der Waals surface area contributed by atoms with Gasteiger partial charge in [-0.3, -0.25) is 9.59 Å². The first-order chi connectivity index (χ1) is 13.7. The lowest BCUT2D eigenvalue weighted by molar-refractivity contribution is -0.118. The van der Waals surface area contributed by atoms with Crippen LogP contribution in [0.3, 0.4) is 0 Å². The van der Waals surface area contributed by atoms with Crippen molar-refractivity contribution < 1.29 is 9.59 Å². The van der Waals surface area contributed by atoms with Crippen LogP contribution in [0.4, 0.5) is 5.69 Å². The minimum atomic E-state index is -0.641. The van der Waals surface area contributed by atoms with E-state index in [2.05, 4.69) is 29.6 Å². The summed E-state index contributed by atoms with van der Waals surface area (Å²) in [7, 11) is 0. The number of fused-ring (bicyclic) bond motifs is 1. The average Bonchev–Trinajstić information content (AvgIpc) is 2.74. The number of carbonyl (C=O) groups excluding carboxylic acids is 2. The molecule has 0 aromatic heterocycles. The van der Waals surface area contributed by atoms with E-state index in [9.17, 15) is 9.59 Å². The molecule has 1 amide bonds. The van der Waals surface area contributed by atoms with Crippen LogP contribution < -0.4 is 5.32 Å². The van der Waals surface area contributed by atoms with Crippen molar-refractivity contribution in [2.24, 2.45) is 5.92 Å². The first-order valence-corrected chi connectivity index (χ1v) is 10.4. The number of Topliss-reactive ketones (excluding diaryl/α,β-unsaturated/α-hetero) is 1. The van der Waals surface area contributed by atoms with E-state index in [0.29, 0.717) is 11.3 Å². The largest absolute Gasteiger partial charge is 0.325 e. The number of thioether (sulfide) groups is 1. The van der Waals surface area contributed by atoms with Gasteiger partial charge in [0.05, 0.1) is 0 Å². The smallest absolute Gasteiger partial charge is 0.236 e. The highest BCUT2D eigenvalue weighted by atomic mass is 32.2. The fraction of sp³-hybridized carbons (Fsp3) is 0.167. The number of rotatable bonds is 5. The van der Waals surface area contributed by atoms with Gasteiger partial charge in [-0.15, -0.1) is 11.8 Å². The van der Waals surface area contributed by atoms with Gasteiger partial charge in [0.25, 0.3) is 0 Å². The number of aryl methyl sites for hydroxylation is 2. The number of benzene rings is 3. The van der Waals surface area contributed by atoms with Gasteiger partial charge < -0.3 is 5.32 Å². The van der Waals surface area contributed by atoms with Crippen molar-refractivity contribution in [3.8, 4) is 0 Å². The molecule has 4 rings (SSSR count). The molecule has 4 heteroatoms. The molecule has 0 aliphatic carbocycles. The van der Waals surface area contributed by atoms with E-state index in [0.717, 1.165) is 23.4 Å². The number of hydrogen-bond acceptors (Lipinski definition) is 3. The molecule has 1 unspecified atom stereocenters. The SMILES string of the molecule is O=C(Nc1ccc(CCc2ccccc2)cc1)C1CSc2ccccc2C1=O. The molecule has 1 aliphatic rings. The second kappa shape index (κ2) is 8.44. The Hall–Kier alpha value is -2.85. The molecular weight excluding hydrogens is 366 g/mol. The highest BCUT2D eigenvalue weighted by Crippen LogP contribution is 2.33. The first-order valence-electron chi connectivity index (χ1n) is 9.40. The van der Waals surface area contributed by atoms with Crippen molar-refractivity contribution in [1.29, 1.82) is 0 Å². The predicted molar refractivity (Wildman–Crippen MR) is 114 cm³/mol. The molecule has 0 fully saturated rings. The molecule has 0 bridgehead atoms. The fourth-order valence-corrected chi connectivity index (χ4v) is 4.49. The molecule has 0 saturated carbocycles. The molecule has 3 aromatic carbocycles. The number of hydrogen-bond donors (Lipinski definition) is 1. The summed E-state index contributed by atoms with van der Waals surface area (Å²) < 4.78 is 0. The Morgan fingerprint density at radius 1 is 0.857 bits per heavy atom. The van der Waals surface area contributed by atoms with E-state index in [1.165, 1.54) is 11.1 Å². The van der Waals surface area contributed by atoms with Crippen molar-refractivity contribution in [2.75, 3.05) is 11.1 Å². The zero-order valence-corrected chi connectivity index (χ0v) is 16.2. The van der Waals surface area contributed by atoms with Gasteiger partial charge in [-0.05, 0) is 42.2 Å². The monoisotopic (exact) mass is 387 g/mol. The number of carbonyl (C=O) groups is 2. The Morgan fingerprint density at radius 2 is 1.50 bits per heavy atom. The Labute approximate surface area is 169 Å². The van der Waals surface area contributed by atoms with Crippen molar-refractivity contribution in [1.82, 2.24) is 0 Å². The van der Waals surface area contributed by atoms with Crippen LogP contribution >= 0.6 is 11.8 Å². The molecule has 0 saturated heterocycles. The highest BCUT2D eigenvalue weighted by molar-refractivity contribution is 7.99. The molecule has 1 atom stereocenters. The Kier molecular flexibility index (Phi) is 5.58. The van der Waals surface area contributed by atoms with Gasteiger partial charge in [-0.1, -0.05) is 60.7 Å². The summed E-state index contributed by atoms with van der Waals surface area (Å²) in [6, 6.07) is 25.8. The predicted octanol–water partition coefficient (Wildman–Crippen LogP) is 5.02. The van der Waals surface area contributed by atoms with Crippen LogP contribution in [0.5, 0.6) is 0 Å². The second-order valence-corrected chi connectivity index (χ2v) is 7.96. The molecule has 0 radical (unpaired) electrons. The van der Waals surface area contributed by atoms with Crippen LogP contribution in [0, 0.1) is 5.92 Å². The number of ketones is 1.